The summed E-state index contributed by atoms with van der Waals surface area (Å²) in [5.74, 6) is -5.36. The van der Waals surface area contributed by atoms with Crippen LogP contribution in [-0.2, 0) is 59.0 Å². The molecule has 0 radical (unpaired) electrons. The summed E-state index contributed by atoms with van der Waals surface area (Å²) in [5.41, 5.74) is 7.79. The number of nitrogens with one attached hydrogen (secondary N) is 2. The van der Waals surface area contributed by atoms with Crippen molar-refractivity contribution in [3.05, 3.63) is 60.1 Å². The summed E-state index contributed by atoms with van der Waals surface area (Å²) in [5, 5.41) is 3.63. The largest absolute Gasteiger partial charge is 0.463 e. The van der Waals surface area contributed by atoms with Gasteiger partial charge in [-0.05, 0) is 61.3 Å². The van der Waals surface area contributed by atoms with E-state index >= 15 is 4.39 Å². The van der Waals surface area contributed by atoms with Gasteiger partial charge in [-0.25, -0.2) is 23.7 Å². The molecule has 1 aromatic carbocycles. The minimum Gasteiger partial charge on any atom is -0.463 e. The van der Waals surface area contributed by atoms with Crippen molar-refractivity contribution < 1.29 is 65.9 Å². The number of fused-ring (bicyclic) bond motifs is 4. The molecule has 1 saturated heterocycles. The van der Waals surface area contributed by atoms with E-state index in [2.05, 4.69) is 25.3 Å². The number of aromatic amines is 1. The highest BCUT2D eigenvalue weighted by atomic mass is 19.1. The zero-order valence-electron chi connectivity index (χ0n) is 33.6. The topological polar surface area (TPSA) is 242 Å². The van der Waals surface area contributed by atoms with Gasteiger partial charge in [0.1, 0.15) is 36.5 Å². The molecule has 0 spiro atoms. The molecule has 8 rings (SSSR count). The summed E-state index contributed by atoms with van der Waals surface area (Å²) < 4.78 is 68.7. The molecular formula is C41H44F2N6O12. The van der Waals surface area contributed by atoms with Gasteiger partial charge in [0, 0.05) is 50.9 Å². The van der Waals surface area contributed by atoms with Crippen LogP contribution >= 0.6 is 0 Å². The van der Waals surface area contributed by atoms with E-state index in [1.54, 1.807) is 12.3 Å². The predicted octanol–water partition coefficient (Wildman–Crippen LogP) is 4.30. The van der Waals surface area contributed by atoms with Crippen LogP contribution in [-0.4, -0.2) is 93.1 Å². The average molecular weight is 851 g/mol. The van der Waals surface area contributed by atoms with Crippen molar-refractivity contribution in [3.63, 3.8) is 0 Å². The Morgan fingerprint density at radius 1 is 0.852 bits per heavy atom. The number of H-pyrrole nitrogens is 1. The van der Waals surface area contributed by atoms with Crippen molar-refractivity contribution in [1.29, 1.82) is 0 Å². The second-order valence-corrected chi connectivity index (χ2v) is 15.2. The van der Waals surface area contributed by atoms with Gasteiger partial charge in [0.2, 0.25) is 12.4 Å². The van der Waals surface area contributed by atoms with E-state index in [-0.39, 0.29) is 41.5 Å². The highest BCUT2D eigenvalue weighted by Gasteiger charge is 2.54. The summed E-state index contributed by atoms with van der Waals surface area (Å²) in [6.07, 6.45) is -0.134. The maximum Gasteiger partial charge on any atom is 0.311 e. The predicted molar refractivity (Wildman–Crippen MR) is 207 cm³/mol. The number of nitrogens with zero attached hydrogens (tertiary/aromatic N) is 3. The summed E-state index contributed by atoms with van der Waals surface area (Å²) in [7, 11) is 0. The summed E-state index contributed by atoms with van der Waals surface area (Å²) in [6.45, 7) is 3.84. The van der Waals surface area contributed by atoms with E-state index in [1.807, 2.05) is 0 Å². The number of carbonyl (C=O) groups excluding carboxylic acids is 5. The Kier molecular flexibility index (Phi) is 12.6. The van der Waals surface area contributed by atoms with Gasteiger partial charge < -0.3 is 49.2 Å². The number of hydrogen-bond acceptors (Lipinski definition) is 17. The van der Waals surface area contributed by atoms with E-state index < -0.39 is 90.8 Å². The molecule has 4 aliphatic rings. The third kappa shape index (κ3) is 9.64. The number of nitrogens with two attached hydrogens (primary N) is 1. The van der Waals surface area contributed by atoms with Gasteiger partial charge in [-0.1, -0.05) is 6.07 Å². The third-order valence-electron chi connectivity index (χ3n) is 10.9. The summed E-state index contributed by atoms with van der Waals surface area (Å²) in [6, 6.07) is 5.34. The van der Waals surface area contributed by atoms with Gasteiger partial charge in [0.15, 0.2) is 29.7 Å². The van der Waals surface area contributed by atoms with Crippen molar-refractivity contribution in [2.75, 3.05) is 17.7 Å². The Bertz CT molecular complexity index is 2320. The quantitative estimate of drug-likeness (QED) is 0.0965. The number of anilines is 2. The minimum atomic E-state index is -1.52. The Morgan fingerprint density at radius 2 is 1.54 bits per heavy atom. The molecule has 0 amide bonds. The number of ether oxygens (including phenoxy) is 7. The number of rotatable bonds is 13. The molecule has 3 aliphatic carbocycles. The van der Waals surface area contributed by atoms with Crippen molar-refractivity contribution in [2.24, 2.45) is 17.8 Å². The molecule has 4 heterocycles. The van der Waals surface area contributed by atoms with Gasteiger partial charge in [-0.3, -0.25) is 24.0 Å². The fourth-order valence-electron chi connectivity index (χ4n) is 8.37. The number of halogens is 2. The molecule has 4 fully saturated rings. The smallest absolute Gasteiger partial charge is 0.311 e. The SMILES string of the molecule is CC(=O)OC[C@H]1O[C@@H](Oc2ccc(COC(=O)[C@H]3C4CCC(CC4)[C@@H]3Nc3nc(-c4c[nH]c5ncc(F)cc45)ncc3F)cc2N)[C@H](OC(C)=O)[C@@H](OC(C)=O)[C@H]1OC(C)=O. The average Bonchev–Trinajstić information content (AvgIpc) is 3.63. The van der Waals surface area contributed by atoms with Gasteiger partial charge >= 0.3 is 29.8 Å². The lowest BCUT2D eigenvalue weighted by Gasteiger charge is -2.47. The lowest BCUT2D eigenvalue weighted by Crippen LogP contribution is -2.63. The Labute approximate surface area is 347 Å². The van der Waals surface area contributed by atoms with Crippen LogP contribution in [0.5, 0.6) is 5.75 Å². The second-order valence-electron chi connectivity index (χ2n) is 15.2. The molecule has 20 heteroatoms. The lowest BCUT2D eigenvalue weighted by atomic mass is 9.61. The van der Waals surface area contributed by atoms with E-state index in [1.165, 1.54) is 18.2 Å². The zero-order valence-corrected chi connectivity index (χ0v) is 33.6. The van der Waals surface area contributed by atoms with Crippen LogP contribution in [0.15, 0.2) is 42.9 Å². The minimum absolute atomic E-state index is 0.0236. The monoisotopic (exact) mass is 850 g/mol. The van der Waals surface area contributed by atoms with Crippen LogP contribution in [0.4, 0.5) is 20.3 Å². The van der Waals surface area contributed by atoms with Crippen molar-refractivity contribution in [3.8, 4) is 17.1 Å². The first-order chi connectivity index (χ1) is 29.1. The fraction of sp³-hybridized carbons (Fsp3) is 0.463. The van der Waals surface area contributed by atoms with E-state index in [0.29, 0.717) is 22.2 Å². The Hall–Kier alpha value is -6.44. The first-order valence-corrected chi connectivity index (χ1v) is 19.6. The van der Waals surface area contributed by atoms with Crippen LogP contribution < -0.4 is 15.8 Å². The fourth-order valence-corrected chi connectivity index (χ4v) is 8.37. The van der Waals surface area contributed by atoms with Gasteiger partial charge in [0.25, 0.3) is 0 Å². The molecule has 3 saturated carbocycles. The molecule has 3 aromatic heterocycles. The second kappa shape index (κ2) is 18.0. The maximum absolute atomic E-state index is 15.3. The summed E-state index contributed by atoms with van der Waals surface area (Å²) in [4.78, 5) is 77.7. The molecule has 4 aromatic rings. The molecular weight excluding hydrogens is 806 g/mol. The first-order valence-electron chi connectivity index (χ1n) is 19.6. The van der Waals surface area contributed by atoms with Crippen molar-refractivity contribution in [1.82, 2.24) is 19.9 Å². The molecule has 0 unspecified atom stereocenters. The van der Waals surface area contributed by atoms with Gasteiger partial charge in [-0.15, -0.1) is 0 Å². The van der Waals surface area contributed by atoms with Crippen molar-refractivity contribution in [2.45, 2.75) is 96.7 Å². The van der Waals surface area contributed by atoms with Gasteiger partial charge in [-0.2, -0.15) is 0 Å². The number of hydrogen-bond donors (Lipinski definition) is 3. The zero-order chi connectivity index (χ0) is 43.5. The van der Waals surface area contributed by atoms with Crippen LogP contribution in [0.1, 0.15) is 58.9 Å². The lowest BCUT2D eigenvalue weighted by molar-refractivity contribution is -0.288. The number of carbonyl (C=O) groups is 5. The number of esters is 5. The molecule has 4 N–H and O–H groups in total. The summed E-state index contributed by atoms with van der Waals surface area (Å²) >= 11 is 0. The normalized spacial score (nSPS) is 25.6. The van der Waals surface area contributed by atoms with Crippen LogP contribution in [0.2, 0.25) is 0 Å². The number of benzene rings is 1. The standard InChI is InChI=1S/C41H44F2N6O12/c1-18(50)55-17-31-34(57-19(2)51)35(58-20(3)52)36(59-21(4)53)41(61-31)60-30-10-5-22(11-29(30)44)16-56-40(54)32-23-6-8-24(9-7-23)33(32)48-39-28(43)15-47-38(49-39)27-14-46-37-26(27)12-25(42)13-45-37/h5,10-15,23-24,31-36,41H,6-9,16-17,44H2,1-4H3,(H,45,46)(H,47,48,49)/t23?,24?,31-,32+,33+,34+,35+,36-,41-/m1/s1. The molecule has 18 nitrogen and oxygen atoms in total. The number of nitrogen functional groups attached to an aromatic ring is 1. The highest BCUT2D eigenvalue weighted by molar-refractivity contribution is 5.91. The van der Waals surface area contributed by atoms with E-state index in [0.717, 1.165) is 65.8 Å². The van der Waals surface area contributed by atoms with Crippen LogP contribution in [0, 0.1) is 29.4 Å². The Morgan fingerprint density at radius 3 is 2.23 bits per heavy atom. The van der Waals surface area contributed by atoms with Crippen molar-refractivity contribution >= 4 is 52.4 Å². The first kappa shape index (κ1) is 42.7. The third-order valence-corrected chi connectivity index (χ3v) is 10.9. The van der Waals surface area contributed by atoms with Crippen LogP contribution in [0.3, 0.4) is 0 Å². The van der Waals surface area contributed by atoms with E-state index in [4.69, 9.17) is 38.9 Å². The van der Waals surface area contributed by atoms with Gasteiger partial charge in [0.05, 0.1) is 24.0 Å². The molecule has 1 aliphatic heterocycles. The Balaban J connectivity index is 1.06. The molecule has 61 heavy (non-hydrogen) atoms. The van der Waals surface area contributed by atoms with Crippen LogP contribution in [0.25, 0.3) is 22.4 Å². The molecule has 2 bridgehead atoms. The molecule has 7 atom stereocenters. The highest BCUT2D eigenvalue weighted by Crippen LogP contribution is 2.47. The number of aromatic nitrogens is 4. The maximum atomic E-state index is 15.3. The number of pyridine rings is 1. The van der Waals surface area contributed by atoms with E-state index in [9.17, 15) is 28.4 Å². The molecule has 324 valence electrons.